The van der Waals surface area contributed by atoms with E-state index in [9.17, 15) is 4.79 Å². The molecule has 1 rings (SSSR count). The highest BCUT2D eigenvalue weighted by Crippen LogP contribution is 2.21. The van der Waals surface area contributed by atoms with Crippen LogP contribution in [0.15, 0.2) is 11.6 Å². The molecule has 0 aromatic rings. The van der Waals surface area contributed by atoms with Crippen molar-refractivity contribution in [1.82, 2.24) is 0 Å². The van der Waals surface area contributed by atoms with Crippen LogP contribution in [0.4, 0.5) is 0 Å². The molecule has 3 nitrogen and oxygen atoms in total. The van der Waals surface area contributed by atoms with Gasteiger partial charge >= 0.3 is 5.97 Å². The van der Waals surface area contributed by atoms with Crippen LogP contribution in [0, 0.1) is 0 Å². The molecule has 0 aromatic carbocycles. The summed E-state index contributed by atoms with van der Waals surface area (Å²) in [4.78, 5) is 11.2. The van der Waals surface area contributed by atoms with Crippen molar-refractivity contribution >= 4 is 5.97 Å². The summed E-state index contributed by atoms with van der Waals surface area (Å²) in [6.07, 6.45) is 5.83. The number of ether oxygens (including phenoxy) is 2. The van der Waals surface area contributed by atoms with Crippen molar-refractivity contribution < 1.29 is 14.3 Å². The highest BCUT2D eigenvalue weighted by Gasteiger charge is 2.18. The van der Waals surface area contributed by atoms with Crippen LogP contribution in [0.2, 0.25) is 0 Å². The molecule has 0 aliphatic heterocycles. The molecule has 0 amide bonds. The maximum absolute atomic E-state index is 11.2. The molecule has 1 aliphatic carbocycles. The zero-order chi connectivity index (χ0) is 10.4. The third-order valence-electron chi connectivity index (χ3n) is 2.37. The van der Waals surface area contributed by atoms with Crippen molar-refractivity contribution in [3.05, 3.63) is 11.6 Å². The SMILES string of the molecule is CCCOC1CC=C(C(=O)OC)CC1. The molecule has 1 unspecified atom stereocenters. The second-order valence-electron chi connectivity index (χ2n) is 3.49. The Balaban J connectivity index is 2.35. The van der Waals surface area contributed by atoms with Crippen LogP contribution in [-0.4, -0.2) is 25.8 Å². The van der Waals surface area contributed by atoms with Crippen molar-refractivity contribution in [1.29, 1.82) is 0 Å². The monoisotopic (exact) mass is 198 g/mol. The quantitative estimate of drug-likeness (QED) is 0.649. The first-order valence-electron chi connectivity index (χ1n) is 5.16. The molecule has 0 bridgehead atoms. The molecule has 0 aromatic heterocycles. The summed E-state index contributed by atoms with van der Waals surface area (Å²) in [6, 6.07) is 0. The minimum Gasteiger partial charge on any atom is -0.466 e. The van der Waals surface area contributed by atoms with Gasteiger partial charge in [-0.15, -0.1) is 0 Å². The van der Waals surface area contributed by atoms with Gasteiger partial charge in [0.15, 0.2) is 0 Å². The zero-order valence-electron chi connectivity index (χ0n) is 8.91. The molecule has 0 heterocycles. The van der Waals surface area contributed by atoms with E-state index in [1.54, 1.807) is 0 Å². The minimum absolute atomic E-state index is 0.195. The van der Waals surface area contributed by atoms with E-state index in [4.69, 9.17) is 4.74 Å². The molecule has 0 spiro atoms. The number of carbonyl (C=O) groups excluding carboxylic acids is 1. The largest absolute Gasteiger partial charge is 0.466 e. The molecule has 0 saturated heterocycles. The molecule has 0 saturated carbocycles. The Kier molecular flexibility index (Phi) is 4.66. The fourth-order valence-corrected chi connectivity index (χ4v) is 1.56. The molecular weight excluding hydrogens is 180 g/mol. The Morgan fingerprint density at radius 2 is 2.43 bits per heavy atom. The summed E-state index contributed by atoms with van der Waals surface area (Å²) in [7, 11) is 1.42. The van der Waals surface area contributed by atoms with E-state index in [0.717, 1.165) is 37.9 Å². The van der Waals surface area contributed by atoms with Crippen molar-refractivity contribution in [2.75, 3.05) is 13.7 Å². The summed E-state index contributed by atoms with van der Waals surface area (Å²) >= 11 is 0. The Morgan fingerprint density at radius 1 is 1.64 bits per heavy atom. The van der Waals surface area contributed by atoms with Gasteiger partial charge in [-0.1, -0.05) is 13.0 Å². The second-order valence-corrected chi connectivity index (χ2v) is 3.49. The van der Waals surface area contributed by atoms with E-state index < -0.39 is 0 Å². The Hall–Kier alpha value is -0.830. The smallest absolute Gasteiger partial charge is 0.333 e. The van der Waals surface area contributed by atoms with Gasteiger partial charge < -0.3 is 9.47 Å². The lowest BCUT2D eigenvalue weighted by molar-refractivity contribution is -0.136. The van der Waals surface area contributed by atoms with E-state index in [-0.39, 0.29) is 5.97 Å². The third-order valence-corrected chi connectivity index (χ3v) is 2.37. The average molecular weight is 198 g/mol. The fraction of sp³-hybridized carbons (Fsp3) is 0.727. The van der Waals surface area contributed by atoms with Gasteiger partial charge in [0.05, 0.1) is 13.2 Å². The molecule has 80 valence electrons. The first-order chi connectivity index (χ1) is 6.77. The van der Waals surface area contributed by atoms with E-state index in [1.807, 2.05) is 6.08 Å². The summed E-state index contributed by atoms with van der Waals surface area (Å²) in [5, 5.41) is 0. The number of methoxy groups -OCH3 is 1. The summed E-state index contributed by atoms with van der Waals surface area (Å²) in [5.74, 6) is -0.195. The molecule has 0 radical (unpaired) electrons. The summed E-state index contributed by atoms with van der Waals surface area (Å²) in [5.41, 5.74) is 0.795. The Morgan fingerprint density at radius 3 is 2.93 bits per heavy atom. The van der Waals surface area contributed by atoms with E-state index in [1.165, 1.54) is 7.11 Å². The lowest BCUT2D eigenvalue weighted by atomic mass is 9.97. The van der Waals surface area contributed by atoms with Crippen LogP contribution in [0.1, 0.15) is 32.6 Å². The molecule has 1 atom stereocenters. The van der Waals surface area contributed by atoms with E-state index >= 15 is 0 Å². The average Bonchev–Trinajstić information content (AvgIpc) is 2.26. The number of hydrogen-bond acceptors (Lipinski definition) is 3. The Labute approximate surface area is 85.1 Å². The van der Waals surface area contributed by atoms with Crippen LogP contribution in [-0.2, 0) is 14.3 Å². The van der Waals surface area contributed by atoms with Gasteiger partial charge in [-0.3, -0.25) is 0 Å². The highest BCUT2D eigenvalue weighted by atomic mass is 16.5. The molecule has 0 N–H and O–H groups in total. The number of esters is 1. The van der Waals surface area contributed by atoms with Gasteiger partial charge in [0, 0.05) is 12.2 Å². The molecular formula is C11H18O3. The standard InChI is InChI=1S/C11H18O3/c1-3-8-14-10-6-4-9(5-7-10)11(12)13-2/h4,10H,3,5-8H2,1-2H3. The number of rotatable bonds is 4. The first-order valence-corrected chi connectivity index (χ1v) is 5.16. The summed E-state index contributed by atoms with van der Waals surface area (Å²) in [6.45, 7) is 2.91. The van der Waals surface area contributed by atoms with Crippen molar-refractivity contribution in [3.8, 4) is 0 Å². The maximum atomic E-state index is 11.2. The lowest BCUT2D eigenvalue weighted by Gasteiger charge is -2.20. The van der Waals surface area contributed by atoms with Crippen LogP contribution >= 0.6 is 0 Å². The van der Waals surface area contributed by atoms with Crippen molar-refractivity contribution in [2.45, 2.75) is 38.7 Å². The molecule has 0 fully saturated rings. The van der Waals surface area contributed by atoms with Gasteiger partial charge in [0.1, 0.15) is 0 Å². The Bertz CT molecular complexity index is 221. The predicted molar refractivity (Wildman–Crippen MR) is 54.0 cm³/mol. The van der Waals surface area contributed by atoms with Crippen LogP contribution in [0.3, 0.4) is 0 Å². The number of hydrogen-bond donors (Lipinski definition) is 0. The highest BCUT2D eigenvalue weighted by molar-refractivity contribution is 5.88. The van der Waals surface area contributed by atoms with E-state index in [2.05, 4.69) is 11.7 Å². The molecule has 3 heteroatoms. The topological polar surface area (TPSA) is 35.5 Å². The predicted octanol–water partition coefficient (Wildman–Crippen LogP) is 2.06. The zero-order valence-corrected chi connectivity index (χ0v) is 8.91. The van der Waals surface area contributed by atoms with Gasteiger partial charge in [0.25, 0.3) is 0 Å². The second kappa shape index (κ2) is 5.81. The van der Waals surface area contributed by atoms with Crippen LogP contribution in [0.25, 0.3) is 0 Å². The van der Waals surface area contributed by atoms with Gasteiger partial charge in [-0.05, 0) is 25.7 Å². The fourth-order valence-electron chi connectivity index (χ4n) is 1.56. The van der Waals surface area contributed by atoms with Gasteiger partial charge in [-0.25, -0.2) is 4.79 Å². The number of carbonyl (C=O) groups is 1. The van der Waals surface area contributed by atoms with Crippen molar-refractivity contribution in [2.24, 2.45) is 0 Å². The third kappa shape index (κ3) is 3.14. The van der Waals surface area contributed by atoms with Crippen molar-refractivity contribution in [3.63, 3.8) is 0 Å². The molecule has 1 aliphatic rings. The first kappa shape index (κ1) is 11.2. The van der Waals surface area contributed by atoms with Crippen LogP contribution in [0.5, 0.6) is 0 Å². The van der Waals surface area contributed by atoms with Gasteiger partial charge in [-0.2, -0.15) is 0 Å². The van der Waals surface area contributed by atoms with E-state index in [0.29, 0.717) is 6.10 Å². The normalized spacial score (nSPS) is 21.6. The summed E-state index contributed by atoms with van der Waals surface area (Å²) < 4.78 is 10.3. The van der Waals surface area contributed by atoms with Crippen LogP contribution < -0.4 is 0 Å². The molecule has 14 heavy (non-hydrogen) atoms. The maximum Gasteiger partial charge on any atom is 0.333 e. The minimum atomic E-state index is -0.195. The van der Waals surface area contributed by atoms with Gasteiger partial charge in [0.2, 0.25) is 0 Å². The lowest BCUT2D eigenvalue weighted by Crippen LogP contribution is -2.19.